The first-order valence-corrected chi connectivity index (χ1v) is 5.85. The Kier molecular flexibility index (Phi) is 2.74. The first-order valence-electron chi connectivity index (χ1n) is 5.85. The highest BCUT2D eigenvalue weighted by Gasteiger charge is 2.17. The summed E-state index contributed by atoms with van der Waals surface area (Å²) in [5.41, 5.74) is 2.21. The van der Waals surface area contributed by atoms with Crippen molar-refractivity contribution >= 4 is 10.9 Å². The second-order valence-corrected chi connectivity index (χ2v) is 4.23. The van der Waals surface area contributed by atoms with E-state index in [0.717, 1.165) is 36.7 Å². The monoisotopic (exact) mass is 232 g/mol. The molecule has 1 fully saturated rings. The average Bonchev–Trinajstić information content (AvgIpc) is 2.83. The summed E-state index contributed by atoms with van der Waals surface area (Å²) >= 11 is 0. The van der Waals surface area contributed by atoms with Crippen LogP contribution in [-0.2, 0) is 4.74 Å². The van der Waals surface area contributed by atoms with Crippen molar-refractivity contribution in [3.05, 3.63) is 30.0 Å². The van der Waals surface area contributed by atoms with Crippen LogP contribution in [0.25, 0.3) is 10.9 Å². The predicted molar refractivity (Wildman–Crippen MR) is 66.4 cm³/mol. The van der Waals surface area contributed by atoms with Gasteiger partial charge in [0.05, 0.1) is 31.9 Å². The smallest absolute Gasteiger partial charge is 0.142 e. The van der Waals surface area contributed by atoms with E-state index in [1.165, 1.54) is 5.39 Å². The summed E-state index contributed by atoms with van der Waals surface area (Å²) in [7, 11) is 1.69. The lowest BCUT2D eigenvalue weighted by Gasteiger charge is -2.22. The molecule has 1 aromatic carbocycles. The lowest BCUT2D eigenvalue weighted by Crippen LogP contribution is -2.34. The van der Waals surface area contributed by atoms with Gasteiger partial charge in [-0.05, 0) is 12.1 Å². The molecule has 0 spiro atoms. The highest BCUT2D eigenvalue weighted by Crippen LogP contribution is 2.28. The van der Waals surface area contributed by atoms with E-state index < -0.39 is 0 Å². The van der Waals surface area contributed by atoms with Gasteiger partial charge in [0, 0.05) is 17.6 Å². The third kappa shape index (κ3) is 1.90. The van der Waals surface area contributed by atoms with Gasteiger partial charge in [-0.3, -0.25) is 0 Å². The quantitative estimate of drug-likeness (QED) is 0.830. The molecule has 90 valence electrons. The third-order valence-corrected chi connectivity index (χ3v) is 3.16. The second-order valence-electron chi connectivity index (χ2n) is 4.23. The molecule has 2 aromatic rings. The van der Waals surface area contributed by atoms with E-state index in [2.05, 4.69) is 22.4 Å². The first kappa shape index (κ1) is 10.6. The normalized spacial score (nSPS) is 20.6. The van der Waals surface area contributed by atoms with Crippen LogP contribution >= 0.6 is 0 Å². The van der Waals surface area contributed by atoms with Crippen molar-refractivity contribution in [3.8, 4) is 5.75 Å². The standard InChI is InChI=1S/C13H16N2O2/c1-16-12-4-2-3-9-7-10(15-13(9)12)11-8-17-6-5-14-11/h2-4,7,11,14-15H,5-6,8H2,1H3/t11-/m0/s1. The molecular weight excluding hydrogens is 216 g/mol. The Labute approximate surface area is 99.9 Å². The van der Waals surface area contributed by atoms with Crippen LogP contribution in [0.1, 0.15) is 11.7 Å². The molecule has 4 nitrogen and oxygen atoms in total. The zero-order valence-corrected chi connectivity index (χ0v) is 9.82. The van der Waals surface area contributed by atoms with Crippen LogP contribution in [0.15, 0.2) is 24.3 Å². The number of benzene rings is 1. The lowest BCUT2D eigenvalue weighted by molar-refractivity contribution is 0.0758. The van der Waals surface area contributed by atoms with Gasteiger partial charge >= 0.3 is 0 Å². The maximum Gasteiger partial charge on any atom is 0.142 e. The van der Waals surface area contributed by atoms with Crippen LogP contribution in [0, 0.1) is 0 Å². The molecule has 1 aromatic heterocycles. The Morgan fingerprint density at radius 2 is 2.35 bits per heavy atom. The summed E-state index contributed by atoms with van der Waals surface area (Å²) < 4.78 is 10.8. The van der Waals surface area contributed by atoms with Gasteiger partial charge in [-0.25, -0.2) is 0 Å². The van der Waals surface area contributed by atoms with Crippen LogP contribution in [0.4, 0.5) is 0 Å². The van der Waals surface area contributed by atoms with Crippen molar-refractivity contribution in [2.45, 2.75) is 6.04 Å². The molecule has 0 aliphatic carbocycles. The third-order valence-electron chi connectivity index (χ3n) is 3.16. The molecule has 0 unspecified atom stereocenters. The molecule has 2 heterocycles. The Morgan fingerprint density at radius 3 is 3.12 bits per heavy atom. The van der Waals surface area contributed by atoms with Gasteiger partial charge in [-0.2, -0.15) is 0 Å². The zero-order valence-electron chi connectivity index (χ0n) is 9.82. The van der Waals surface area contributed by atoms with Gasteiger partial charge in [0.25, 0.3) is 0 Å². The van der Waals surface area contributed by atoms with Crippen molar-refractivity contribution in [2.75, 3.05) is 26.9 Å². The number of H-pyrrole nitrogens is 1. The maximum atomic E-state index is 5.48. The van der Waals surface area contributed by atoms with E-state index >= 15 is 0 Å². The van der Waals surface area contributed by atoms with Gasteiger partial charge in [0.2, 0.25) is 0 Å². The topological polar surface area (TPSA) is 46.3 Å². The number of nitrogens with one attached hydrogen (secondary N) is 2. The van der Waals surface area contributed by atoms with Crippen LogP contribution < -0.4 is 10.1 Å². The van der Waals surface area contributed by atoms with Crippen LogP contribution in [0.2, 0.25) is 0 Å². The number of hydrogen-bond donors (Lipinski definition) is 2. The van der Waals surface area contributed by atoms with Crippen LogP contribution in [0.3, 0.4) is 0 Å². The number of hydrogen-bond acceptors (Lipinski definition) is 3. The van der Waals surface area contributed by atoms with Crippen molar-refractivity contribution in [1.29, 1.82) is 0 Å². The second kappa shape index (κ2) is 4.39. The Hall–Kier alpha value is -1.52. The van der Waals surface area contributed by atoms with Crippen molar-refractivity contribution < 1.29 is 9.47 Å². The van der Waals surface area contributed by atoms with E-state index in [1.54, 1.807) is 7.11 Å². The summed E-state index contributed by atoms with van der Waals surface area (Å²) in [5.74, 6) is 0.880. The number of ether oxygens (including phenoxy) is 2. The van der Waals surface area contributed by atoms with E-state index in [9.17, 15) is 0 Å². The Bertz CT molecular complexity index is 515. The number of aromatic amines is 1. The number of rotatable bonds is 2. The fraction of sp³-hybridized carbons (Fsp3) is 0.385. The number of para-hydroxylation sites is 1. The molecule has 17 heavy (non-hydrogen) atoms. The number of fused-ring (bicyclic) bond motifs is 1. The minimum absolute atomic E-state index is 0.251. The predicted octanol–water partition coefficient (Wildman–Crippen LogP) is 1.84. The molecule has 1 aliphatic rings. The molecule has 1 atom stereocenters. The van der Waals surface area contributed by atoms with Gasteiger partial charge in [-0.15, -0.1) is 0 Å². The van der Waals surface area contributed by atoms with Crippen LogP contribution in [0.5, 0.6) is 5.75 Å². The van der Waals surface area contributed by atoms with Crippen LogP contribution in [-0.4, -0.2) is 31.9 Å². The SMILES string of the molecule is COc1cccc2cc([C@@H]3COCCN3)[nH]c12. The summed E-state index contributed by atoms with van der Waals surface area (Å²) in [6.07, 6.45) is 0. The van der Waals surface area contributed by atoms with E-state index in [0.29, 0.717) is 0 Å². The Morgan fingerprint density at radius 1 is 1.41 bits per heavy atom. The summed E-state index contributed by atoms with van der Waals surface area (Å²) in [6, 6.07) is 8.46. The number of methoxy groups -OCH3 is 1. The highest BCUT2D eigenvalue weighted by molar-refractivity contribution is 5.86. The first-order chi connectivity index (χ1) is 8.38. The fourth-order valence-corrected chi connectivity index (χ4v) is 2.27. The molecule has 4 heteroatoms. The molecule has 0 amide bonds. The zero-order chi connectivity index (χ0) is 11.7. The lowest BCUT2D eigenvalue weighted by atomic mass is 10.2. The summed E-state index contributed by atoms with van der Waals surface area (Å²) in [4.78, 5) is 3.42. The average molecular weight is 232 g/mol. The minimum atomic E-state index is 0.251. The van der Waals surface area contributed by atoms with Crippen molar-refractivity contribution in [3.63, 3.8) is 0 Å². The summed E-state index contributed by atoms with van der Waals surface area (Å²) in [5, 5.41) is 4.61. The van der Waals surface area contributed by atoms with Crippen molar-refractivity contribution in [2.24, 2.45) is 0 Å². The van der Waals surface area contributed by atoms with Crippen molar-refractivity contribution in [1.82, 2.24) is 10.3 Å². The minimum Gasteiger partial charge on any atom is -0.495 e. The van der Waals surface area contributed by atoms with Gasteiger partial charge in [0.1, 0.15) is 5.75 Å². The number of morpholine rings is 1. The largest absolute Gasteiger partial charge is 0.495 e. The Balaban J connectivity index is 2.00. The van der Waals surface area contributed by atoms with Gasteiger partial charge < -0.3 is 19.8 Å². The fourth-order valence-electron chi connectivity index (χ4n) is 2.27. The molecule has 3 rings (SSSR count). The molecule has 1 saturated heterocycles. The van der Waals surface area contributed by atoms with Gasteiger partial charge in [0.15, 0.2) is 0 Å². The molecule has 0 bridgehead atoms. The maximum absolute atomic E-state index is 5.48. The molecule has 1 aliphatic heterocycles. The number of aromatic nitrogens is 1. The van der Waals surface area contributed by atoms with E-state index in [4.69, 9.17) is 9.47 Å². The molecule has 0 saturated carbocycles. The highest BCUT2D eigenvalue weighted by atomic mass is 16.5. The van der Waals surface area contributed by atoms with E-state index in [1.807, 2.05) is 12.1 Å². The summed E-state index contributed by atoms with van der Waals surface area (Å²) in [6.45, 7) is 2.41. The molecule has 0 radical (unpaired) electrons. The van der Waals surface area contributed by atoms with Gasteiger partial charge in [-0.1, -0.05) is 12.1 Å². The molecular formula is C13H16N2O2. The molecule has 2 N–H and O–H groups in total. The van der Waals surface area contributed by atoms with E-state index in [-0.39, 0.29) is 6.04 Å².